The van der Waals surface area contributed by atoms with E-state index >= 15 is 0 Å². The lowest BCUT2D eigenvalue weighted by atomic mass is 9.77. The van der Waals surface area contributed by atoms with Gasteiger partial charge in [-0.25, -0.2) is 0 Å². The molecule has 30 heavy (non-hydrogen) atoms. The molecule has 0 bridgehead atoms. The summed E-state index contributed by atoms with van der Waals surface area (Å²) in [4.78, 5) is 26.3. The van der Waals surface area contributed by atoms with Gasteiger partial charge in [-0.05, 0) is 56.4 Å². The van der Waals surface area contributed by atoms with E-state index in [1.165, 1.54) is 0 Å². The lowest BCUT2D eigenvalue weighted by Crippen LogP contribution is -2.44. The molecule has 1 amide bonds. The van der Waals surface area contributed by atoms with Gasteiger partial charge in [0, 0.05) is 31.9 Å². The van der Waals surface area contributed by atoms with Crippen LogP contribution in [0.5, 0.6) is 0 Å². The molecule has 1 aromatic carbocycles. The number of likely N-dealkylation sites (tertiary alicyclic amines) is 1. The van der Waals surface area contributed by atoms with E-state index in [0.29, 0.717) is 23.4 Å². The summed E-state index contributed by atoms with van der Waals surface area (Å²) < 4.78 is 0. The number of fused-ring (bicyclic) bond motifs is 1. The van der Waals surface area contributed by atoms with Crippen molar-refractivity contribution in [2.75, 3.05) is 38.1 Å². The summed E-state index contributed by atoms with van der Waals surface area (Å²) in [7, 11) is 2.14. The summed E-state index contributed by atoms with van der Waals surface area (Å²) in [5, 5.41) is 12.7. The number of hydrogen-bond donors (Lipinski definition) is 1. The Kier molecular flexibility index (Phi) is 5.61. The molecule has 3 heterocycles. The van der Waals surface area contributed by atoms with Gasteiger partial charge in [-0.2, -0.15) is 5.26 Å². The maximum absolute atomic E-state index is 12.8. The SMILES string of the molecule is CC1CN(c2ccc(C#N)c3nccnc23)CC1NC(=O)CC1(C)CCN(C)CC1. The number of nitriles is 1. The predicted molar refractivity (Wildman–Crippen MR) is 117 cm³/mol. The minimum atomic E-state index is 0.0943. The fourth-order valence-corrected chi connectivity index (χ4v) is 4.72. The first-order valence-electron chi connectivity index (χ1n) is 10.8. The van der Waals surface area contributed by atoms with Crippen LogP contribution in [0.2, 0.25) is 0 Å². The Morgan fingerprint density at radius 1 is 1.23 bits per heavy atom. The van der Waals surface area contributed by atoms with Crippen LogP contribution in [0.15, 0.2) is 24.5 Å². The number of nitrogens with zero attached hydrogens (tertiary/aromatic N) is 5. The molecule has 7 nitrogen and oxygen atoms in total. The van der Waals surface area contributed by atoms with Crippen LogP contribution >= 0.6 is 0 Å². The third-order valence-corrected chi connectivity index (χ3v) is 6.81. The van der Waals surface area contributed by atoms with Crippen LogP contribution in [0.25, 0.3) is 11.0 Å². The van der Waals surface area contributed by atoms with Gasteiger partial charge >= 0.3 is 0 Å². The van der Waals surface area contributed by atoms with Crippen LogP contribution in [0, 0.1) is 22.7 Å². The van der Waals surface area contributed by atoms with Crippen molar-refractivity contribution in [2.24, 2.45) is 11.3 Å². The number of aromatic nitrogens is 2. The summed E-state index contributed by atoms with van der Waals surface area (Å²) in [6.45, 7) is 8.12. The minimum absolute atomic E-state index is 0.0943. The van der Waals surface area contributed by atoms with Gasteiger partial charge in [-0.1, -0.05) is 13.8 Å². The molecule has 2 aliphatic heterocycles. The summed E-state index contributed by atoms with van der Waals surface area (Å²) >= 11 is 0. The number of benzene rings is 1. The third kappa shape index (κ3) is 4.10. The molecule has 2 atom stereocenters. The highest BCUT2D eigenvalue weighted by Crippen LogP contribution is 2.34. The number of carbonyl (C=O) groups is 1. The van der Waals surface area contributed by atoms with E-state index in [1.54, 1.807) is 12.4 Å². The average molecular weight is 407 g/mol. The van der Waals surface area contributed by atoms with Crippen molar-refractivity contribution >= 4 is 22.6 Å². The molecule has 2 aliphatic rings. The fraction of sp³-hybridized carbons (Fsp3) is 0.565. The Morgan fingerprint density at radius 2 is 1.93 bits per heavy atom. The first kappa shape index (κ1) is 20.5. The van der Waals surface area contributed by atoms with Gasteiger partial charge in [-0.15, -0.1) is 0 Å². The Hall–Kier alpha value is -2.72. The van der Waals surface area contributed by atoms with Crippen molar-refractivity contribution in [1.29, 1.82) is 5.26 Å². The van der Waals surface area contributed by atoms with Crippen molar-refractivity contribution in [3.05, 3.63) is 30.1 Å². The van der Waals surface area contributed by atoms with Crippen LogP contribution < -0.4 is 10.2 Å². The van der Waals surface area contributed by atoms with Gasteiger partial charge in [0.25, 0.3) is 0 Å². The molecule has 2 fully saturated rings. The second-order valence-electron chi connectivity index (χ2n) is 9.34. The number of piperidine rings is 1. The van der Waals surface area contributed by atoms with Gasteiger partial charge in [0.05, 0.1) is 17.3 Å². The quantitative estimate of drug-likeness (QED) is 0.840. The van der Waals surface area contributed by atoms with E-state index < -0.39 is 0 Å². The van der Waals surface area contributed by atoms with Crippen molar-refractivity contribution < 1.29 is 4.79 Å². The Morgan fingerprint density at radius 3 is 2.63 bits per heavy atom. The van der Waals surface area contributed by atoms with Gasteiger partial charge < -0.3 is 15.1 Å². The van der Waals surface area contributed by atoms with E-state index in [0.717, 1.165) is 50.2 Å². The molecule has 4 rings (SSSR count). The Balaban J connectivity index is 1.45. The average Bonchev–Trinajstić information content (AvgIpc) is 3.09. The number of rotatable bonds is 4. The maximum Gasteiger partial charge on any atom is 0.220 e. The zero-order valence-electron chi connectivity index (χ0n) is 18.1. The zero-order chi connectivity index (χ0) is 21.3. The lowest BCUT2D eigenvalue weighted by molar-refractivity contribution is -0.124. The Bertz CT molecular complexity index is 975. The highest BCUT2D eigenvalue weighted by Gasteiger charge is 2.35. The van der Waals surface area contributed by atoms with Crippen LogP contribution in [0.4, 0.5) is 5.69 Å². The monoisotopic (exact) mass is 406 g/mol. The first-order chi connectivity index (χ1) is 14.4. The van der Waals surface area contributed by atoms with Crippen LogP contribution in [-0.4, -0.2) is 60.0 Å². The molecule has 0 spiro atoms. The number of nitrogens with one attached hydrogen (secondary N) is 1. The zero-order valence-corrected chi connectivity index (χ0v) is 18.1. The van der Waals surface area contributed by atoms with Crippen LogP contribution in [-0.2, 0) is 4.79 Å². The molecule has 0 saturated carbocycles. The topological polar surface area (TPSA) is 85.1 Å². The van der Waals surface area contributed by atoms with Gasteiger partial charge in [0.15, 0.2) is 0 Å². The summed E-state index contributed by atoms with van der Waals surface area (Å²) in [6, 6.07) is 6.06. The van der Waals surface area contributed by atoms with Crippen molar-refractivity contribution in [1.82, 2.24) is 20.2 Å². The first-order valence-corrected chi connectivity index (χ1v) is 10.8. The largest absolute Gasteiger partial charge is 0.367 e. The second kappa shape index (κ2) is 8.19. The second-order valence-corrected chi connectivity index (χ2v) is 9.34. The molecule has 0 radical (unpaired) electrons. The molecule has 7 heteroatoms. The van der Waals surface area contributed by atoms with Crippen LogP contribution in [0.3, 0.4) is 0 Å². The fourth-order valence-electron chi connectivity index (χ4n) is 4.72. The molecular formula is C23H30N6O. The Labute approximate surface area is 178 Å². The summed E-state index contributed by atoms with van der Waals surface area (Å²) in [6.07, 6.45) is 6.01. The minimum Gasteiger partial charge on any atom is -0.367 e. The van der Waals surface area contributed by atoms with E-state index in [1.807, 2.05) is 12.1 Å². The third-order valence-electron chi connectivity index (χ3n) is 6.81. The molecule has 1 N–H and O–H groups in total. The highest BCUT2D eigenvalue weighted by atomic mass is 16.1. The van der Waals surface area contributed by atoms with E-state index in [9.17, 15) is 10.1 Å². The summed E-state index contributed by atoms with van der Waals surface area (Å²) in [5.74, 6) is 0.492. The smallest absolute Gasteiger partial charge is 0.220 e. The van der Waals surface area contributed by atoms with Crippen LogP contribution in [0.1, 0.15) is 38.7 Å². The predicted octanol–water partition coefficient (Wildman–Crippen LogP) is 2.56. The molecule has 0 aliphatic carbocycles. The van der Waals surface area contributed by atoms with Crippen molar-refractivity contribution in [2.45, 2.75) is 39.2 Å². The number of amides is 1. The van der Waals surface area contributed by atoms with E-state index in [4.69, 9.17) is 0 Å². The molecule has 2 unspecified atom stereocenters. The van der Waals surface area contributed by atoms with Crippen molar-refractivity contribution in [3.63, 3.8) is 0 Å². The van der Waals surface area contributed by atoms with E-state index in [-0.39, 0.29) is 17.4 Å². The molecule has 2 saturated heterocycles. The van der Waals surface area contributed by atoms with Gasteiger partial charge in [0.1, 0.15) is 17.1 Å². The van der Waals surface area contributed by atoms with Gasteiger partial charge in [-0.3, -0.25) is 14.8 Å². The van der Waals surface area contributed by atoms with E-state index in [2.05, 4.69) is 52.0 Å². The standard InChI is InChI=1S/C23H30N6O/c1-16-14-29(19-5-4-17(13-24)21-22(19)26-9-8-25-21)15-18(16)27-20(30)12-23(2)6-10-28(3)11-7-23/h4-5,8-9,16,18H,6-7,10-12,14-15H2,1-3H3,(H,27,30). The number of hydrogen-bond acceptors (Lipinski definition) is 6. The summed E-state index contributed by atoms with van der Waals surface area (Å²) in [5.41, 5.74) is 2.98. The normalized spacial score (nSPS) is 24.0. The number of carbonyl (C=O) groups excluding carboxylic acids is 1. The molecule has 2 aromatic rings. The van der Waals surface area contributed by atoms with Crippen molar-refractivity contribution in [3.8, 4) is 6.07 Å². The highest BCUT2D eigenvalue weighted by molar-refractivity contribution is 5.92. The molecular weight excluding hydrogens is 376 g/mol. The lowest BCUT2D eigenvalue weighted by Gasteiger charge is -2.37. The maximum atomic E-state index is 12.8. The number of anilines is 1. The molecule has 158 valence electrons. The molecule has 1 aromatic heterocycles. The van der Waals surface area contributed by atoms with Gasteiger partial charge in [0.2, 0.25) is 5.91 Å².